The quantitative estimate of drug-likeness (QED) is 0.481. The lowest BCUT2D eigenvalue weighted by molar-refractivity contribution is 0.0592. The zero-order valence-electron chi connectivity index (χ0n) is 16.0. The Kier molecular flexibility index (Phi) is 4.67. The molecule has 2 heterocycles. The van der Waals surface area contributed by atoms with E-state index in [0.29, 0.717) is 22.6 Å². The molecule has 0 amide bonds. The van der Waals surface area contributed by atoms with Crippen LogP contribution in [0.15, 0.2) is 36.5 Å². The molecule has 0 unspecified atom stereocenters. The molecule has 0 saturated heterocycles. The third-order valence-corrected chi connectivity index (χ3v) is 4.66. The van der Waals surface area contributed by atoms with Gasteiger partial charge in [-0.25, -0.2) is 4.79 Å². The standard InChI is InChI=1S/C21H17NO7/c1-25-15-8-11-6-7-22-18(13(11)9-16(15)26-2)19(23)12-4-5-14-20(29-10-28-14)17(12)21(24)27-3/h4-9H,10H2,1-3H3. The molecule has 0 spiro atoms. The van der Waals surface area contributed by atoms with Gasteiger partial charge in [0.1, 0.15) is 11.3 Å². The van der Waals surface area contributed by atoms with Gasteiger partial charge in [0.05, 0.1) is 21.3 Å². The maximum absolute atomic E-state index is 13.4. The van der Waals surface area contributed by atoms with Crippen molar-refractivity contribution in [2.75, 3.05) is 28.1 Å². The van der Waals surface area contributed by atoms with Crippen LogP contribution in [0.2, 0.25) is 0 Å². The summed E-state index contributed by atoms with van der Waals surface area (Å²) >= 11 is 0. The SMILES string of the molecule is COC(=O)c1c(C(=O)c2nccc3cc(OC)c(OC)cc23)ccc2c1OCO2. The number of benzene rings is 2. The van der Waals surface area contributed by atoms with Gasteiger partial charge in [0.2, 0.25) is 12.6 Å². The molecule has 0 bridgehead atoms. The van der Waals surface area contributed by atoms with Gasteiger partial charge in [-0.15, -0.1) is 0 Å². The summed E-state index contributed by atoms with van der Waals surface area (Å²) in [7, 11) is 4.28. The Labute approximate surface area is 165 Å². The van der Waals surface area contributed by atoms with Gasteiger partial charge in [-0.1, -0.05) is 0 Å². The zero-order valence-corrected chi connectivity index (χ0v) is 16.0. The van der Waals surface area contributed by atoms with Crippen molar-refractivity contribution < 1.29 is 33.3 Å². The Bertz CT molecular complexity index is 1140. The van der Waals surface area contributed by atoms with Crippen molar-refractivity contribution in [3.8, 4) is 23.0 Å². The van der Waals surface area contributed by atoms with Crippen LogP contribution in [0.25, 0.3) is 10.8 Å². The van der Waals surface area contributed by atoms with Gasteiger partial charge in [-0.05, 0) is 35.7 Å². The number of methoxy groups -OCH3 is 3. The molecule has 0 fully saturated rings. The van der Waals surface area contributed by atoms with Gasteiger partial charge in [0.15, 0.2) is 23.0 Å². The number of hydrogen-bond donors (Lipinski definition) is 0. The van der Waals surface area contributed by atoms with Crippen LogP contribution in [0.4, 0.5) is 0 Å². The Balaban J connectivity index is 1.92. The van der Waals surface area contributed by atoms with E-state index in [0.717, 1.165) is 5.39 Å². The number of ether oxygens (including phenoxy) is 5. The predicted molar refractivity (Wildman–Crippen MR) is 102 cm³/mol. The third kappa shape index (κ3) is 2.98. The van der Waals surface area contributed by atoms with Crippen LogP contribution >= 0.6 is 0 Å². The molecule has 3 aromatic rings. The summed E-state index contributed by atoms with van der Waals surface area (Å²) in [6.45, 7) is -0.0412. The summed E-state index contributed by atoms with van der Waals surface area (Å²) in [5.41, 5.74) is 0.273. The molecule has 1 aromatic heterocycles. The zero-order chi connectivity index (χ0) is 20.5. The second-order valence-electron chi connectivity index (χ2n) is 6.13. The van der Waals surface area contributed by atoms with Crippen molar-refractivity contribution in [1.82, 2.24) is 4.98 Å². The lowest BCUT2D eigenvalue weighted by atomic mass is 9.97. The molecule has 0 aliphatic carbocycles. The smallest absolute Gasteiger partial charge is 0.342 e. The number of pyridine rings is 1. The maximum Gasteiger partial charge on any atom is 0.342 e. The summed E-state index contributed by atoms with van der Waals surface area (Å²) in [5.74, 6) is 0.391. The Morgan fingerprint density at radius 3 is 2.48 bits per heavy atom. The van der Waals surface area contributed by atoms with Crippen molar-refractivity contribution in [2.24, 2.45) is 0 Å². The second-order valence-corrected chi connectivity index (χ2v) is 6.13. The van der Waals surface area contributed by atoms with E-state index in [1.165, 1.54) is 33.6 Å². The van der Waals surface area contributed by atoms with E-state index >= 15 is 0 Å². The van der Waals surface area contributed by atoms with E-state index in [-0.39, 0.29) is 29.4 Å². The number of hydrogen-bond acceptors (Lipinski definition) is 8. The monoisotopic (exact) mass is 395 g/mol. The number of esters is 1. The van der Waals surface area contributed by atoms with E-state index in [9.17, 15) is 9.59 Å². The highest BCUT2D eigenvalue weighted by molar-refractivity contribution is 6.19. The number of nitrogens with zero attached hydrogens (tertiary/aromatic N) is 1. The molecule has 0 saturated carbocycles. The van der Waals surface area contributed by atoms with Crippen molar-refractivity contribution in [2.45, 2.75) is 0 Å². The third-order valence-electron chi connectivity index (χ3n) is 4.66. The number of carbonyl (C=O) groups is 2. The van der Waals surface area contributed by atoms with Gasteiger partial charge in [-0.3, -0.25) is 9.78 Å². The Morgan fingerprint density at radius 2 is 1.76 bits per heavy atom. The first-order chi connectivity index (χ1) is 14.1. The average molecular weight is 395 g/mol. The number of carbonyl (C=O) groups excluding carboxylic acids is 2. The Hall–Kier alpha value is -3.81. The molecule has 0 N–H and O–H groups in total. The first-order valence-corrected chi connectivity index (χ1v) is 8.65. The highest BCUT2D eigenvalue weighted by Crippen LogP contribution is 2.39. The van der Waals surface area contributed by atoms with Gasteiger partial charge in [0.25, 0.3) is 0 Å². The lowest BCUT2D eigenvalue weighted by Gasteiger charge is -2.13. The minimum absolute atomic E-state index is 0.00628. The van der Waals surface area contributed by atoms with Gasteiger partial charge in [-0.2, -0.15) is 0 Å². The number of ketones is 1. The van der Waals surface area contributed by atoms with Crippen LogP contribution in [0.1, 0.15) is 26.4 Å². The van der Waals surface area contributed by atoms with E-state index in [1.54, 1.807) is 24.3 Å². The average Bonchev–Trinajstić information content (AvgIpc) is 3.24. The summed E-state index contributed by atoms with van der Waals surface area (Å²) in [6.07, 6.45) is 1.52. The number of aromatic nitrogens is 1. The minimum atomic E-state index is -0.699. The molecule has 148 valence electrons. The van der Waals surface area contributed by atoms with Crippen molar-refractivity contribution in [3.05, 3.63) is 53.3 Å². The first-order valence-electron chi connectivity index (χ1n) is 8.65. The molecule has 2 aromatic carbocycles. The van der Waals surface area contributed by atoms with Gasteiger partial charge in [0, 0.05) is 17.1 Å². The van der Waals surface area contributed by atoms with Crippen molar-refractivity contribution in [1.29, 1.82) is 0 Å². The van der Waals surface area contributed by atoms with Crippen molar-refractivity contribution in [3.63, 3.8) is 0 Å². The number of rotatable bonds is 5. The van der Waals surface area contributed by atoms with Crippen LogP contribution in [0.5, 0.6) is 23.0 Å². The maximum atomic E-state index is 13.4. The van der Waals surface area contributed by atoms with E-state index in [4.69, 9.17) is 23.7 Å². The second kappa shape index (κ2) is 7.31. The van der Waals surface area contributed by atoms with Crippen LogP contribution < -0.4 is 18.9 Å². The first kappa shape index (κ1) is 18.5. The van der Waals surface area contributed by atoms with Crippen LogP contribution in [0, 0.1) is 0 Å². The number of fused-ring (bicyclic) bond motifs is 2. The molecule has 0 atom stereocenters. The van der Waals surface area contributed by atoms with Gasteiger partial charge < -0.3 is 23.7 Å². The molecular formula is C21H17NO7. The minimum Gasteiger partial charge on any atom is -0.493 e. The summed E-state index contributed by atoms with van der Waals surface area (Å²) in [4.78, 5) is 30.1. The van der Waals surface area contributed by atoms with E-state index in [1.807, 2.05) is 0 Å². The molecule has 8 nitrogen and oxygen atoms in total. The van der Waals surface area contributed by atoms with Gasteiger partial charge >= 0.3 is 5.97 Å². The van der Waals surface area contributed by atoms with Crippen LogP contribution in [-0.2, 0) is 4.74 Å². The topological polar surface area (TPSA) is 93.2 Å². The lowest BCUT2D eigenvalue weighted by Crippen LogP contribution is -2.14. The molecule has 0 radical (unpaired) electrons. The predicted octanol–water partition coefficient (Wildman–Crippen LogP) is 3.00. The summed E-state index contributed by atoms with van der Waals surface area (Å²) < 4.78 is 26.2. The normalized spacial score (nSPS) is 12.0. The van der Waals surface area contributed by atoms with Crippen LogP contribution in [0.3, 0.4) is 0 Å². The van der Waals surface area contributed by atoms with E-state index < -0.39 is 11.8 Å². The molecule has 1 aliphatic rings. The fourth-order valence-electron chi connectivity index (χ4n) is 3.27. The molecule has 4 rings (SSSR count). The molecule has 29 heavy (non-hydrogen) atoms. The largest absolute Gasteiger partial charge is 0.493 e. The highest BCUT2D eigenvalue weighted by Gasteiger charge is 2.30. The van der Waals surface area contributed by atoms with E-state index in [2.05, 4.69) is 4.98 Å². The van der Waals surface area contributed by atoms with Crippen molar-refractivity contribution >= 4 is 22.5 Å². The summed E-state index contributed by atoms with van der Waals surface area (Å²) in [5, 5.41) is 1.30. The van der Waals surface area contributed by atoms with Crippen LogP contribution in [-0.4, -0.2) is 44.9 Å². The molecule has 1 aliphatic heterocycles. The summed E-state index contributed by atoms with van der Waals surface area (Å²) in [6, 6.07) is 8.28. The Morgan fingerprint density at radius 1 is 1.00 bits per heavy atom. The fourth-order valence-corrected chi connectivity index (χ4v) is 3.27. The highest BCUT2D eigenvalue weighted by atomic mass is 16.7. The molecule has 8 heteroatoms. The fraction of sp³-hybridized carbons (Fsp3) is 0.190. The molecular weight excluding hydrogens is 378 g/mol.